The summed E-state index contributed by atoms with van der Waals surface area (Å²) in [5.41, 5.74) is 2.16. The smallest absolute Gasteiger partial charge is 0.293 e. The van der Waals surface area contributed by atoms with Gasteiger partial charge in [0.1, 0.15) is 10.7 Å². The van der Waals surface area contributed by atoms with E-state index in [1.54, 1.807) is 15.9 Å². The zero-order chi connectivity index (χ0) is 16.3. The Hall–Kier alpha value is -2.06. The summed E-state index contributed by atoms with van der Waals surface area (Å²) in [7, 11) is 0. The quantitative estimate of drug-likeness (QED) is 0.682. The molecule has 8 heteroatoms. The van der Waals surface area contributed by atoms with Gasteiger partial charge in [0.15, 0.2) is 5.65 Å². The van der Waals surface area contributed by atoms with E-state index >= 15 is 0 Å². The number of carbonyl (C=O) groups is 1. The van der Waals surface area contributed by atoms with Gasteiger partial charge >= 0.3 is 0 Å². The second-order valence-electron chi connectivity index (χ2n) is 6.53. The summed E-state index contributed by atoms with van der Waals surface area (Å²) < 4.78 is 1.75. The molecule has 3 aromatic rings. The van der Waals surface area contributed by atoms with Crippen LogP contribution in [0, 0.1) is 6.92 Å². The van der Waals surface area contributed by atoms with Crippen LogP contribution in [0.15, 0.2) is 0 Å². The summed E-state index contributed by atoms with van der Waals surface area (Å²) in [4.78, 5) is 26.4. The highest BCUT2D eigenvalue weighted by atomic mass is 32.1. The highest BCUT2D eigenvalue weighted by Gasteiger charge is 2.27. The monoisotopic (exact) mass is 343 g/mol. The summed E-state index contributed by atoms with van der Waals surface area (Å²) in [5, 5.41) is 7.83. The van der Waals surface area contributed by atoms with Crippen LogP contribution in [0.4, 0.5) is 0 Å². The fourth-order valence-electron chi connectivity index (χ4n) is 3.78. The van der Waals surface area contributed by atoms with E-state index in [2.05, 4.69) is 15.4 Å². The number of hydrogen-bond donors (Lipinski definition) is 1. The molecule has 1 fully saturated rings. The average molecular weight is 343 g/mol. The largest absolute Gasteiger partial charge is 0.343 e. The van der Waals surface area contributed by atoms with Crippen LogP contribution in [0.5, 0.6) is 0 Å². The summed E-state index contributed by atoms with van der Waals surface area (Å²) >= 11 is 1.77. The molecule has 5 rings (SSSR count). The van der Waals surface area contributed by atoms with Crippen molar-refractivity contribution in [1.29, 1.82) is 0 Å². The van der Waals surface area contributed by atoms with Gasteiger partial charge in [-0.3, -0.25) is 4.79 Å². The fraction of sp³-hybridized carbons (Fsp3) is 0.500. The first-order chi connectivity index (χ1) is 11.7. The van der Waals surface area contributed by atoms with Crippen LogP contribution < -0.4 is 5.32 Å². The Kier molecular flexibility index (Phi) is 3.11. The van der Waals surface area contributed by atoms with Gasteiger partial charge < -0.3 is 10.2 Å². The van der Waals surface area contributed by atoms with Crippen LogP contribution in [0.25, 0.3) is 15.9 Å². The standard InChI is InChI=1S/C16H18N6OS/c1-9-18-15-12(10-3-2-4-11(10)24-15)14-19-13(20-22(9)14)16(23)21-7-5-17-6-8-21/h17H,2-8H2,1H3/p+1. The molecule has 2 N–H and O–H groups in total. The van der Waals surface area contributed by atoms with Crippen LogP contribution in [-0.2, 0) is 12.8 Å². The molecule has 1 saturated heterocycles. The summed E-state index contributed by atoms with van der Waals surface area (Å²) in [6.07, 6.45) is 3.40. The maximum atomic E-state index is 12.7. The second kappa shape index (κ2) is 5.22. The minimum absolute atomic E-state index is 0.0637. The van der Waals surface area contributed by atoms with Gasteiger partial charge in [0.25, 0.3) is 5.91 Å². The zero-order valence-corrected chi connectivity index (χ0v) is 14.4. The minimum Gasteiger partial charge on any atom is -0.343 e. The maximum absolute atomic E-state index is 12.7. The van der Waals surface area contributed by atoms with Crippen LogP contribution in [-0.4, -0.2) is 56.6 Å². The molecule has 0 unspecified atom stereocenters. The lowest BCUT2D eigenvalue weighted by atomic mass is 10.2. The number of aromatic nitrogens is 4. The summed E-state index contributed by atoms with van der Waals surface area (Å²) in [6, 6.07) is 0. The Balaban J connectivity index is 1.68. The highest BCUT2D eigenvalue weighted by Crippen LogP contribution is 2.38. The first kappa shape index (κ1) is 14.3. The molecule has 0 bridgehead atoms. The Morgan fingerprint density at radius 3 is 2.88 bits per heavy atom. The van der Waals surface area contributed by atoms with Gasteiger partial charge in [-0.15, -0.1) is 16.4 Å². The summed E-state index contributed by atoms with van der Waals surface area (Å²) in [5.74, 6) is 1.02. The molecule has 2 aliphatic rings. The molecule has 0 radical (unpaired) electrons. The normalized spacial score (nSPS) is 17.8. The number of thiophene rings is 1. The average Bonchev–Trinajstić information content (AvgIpc) is 3.28. The lowest BCUT2D eigenvalue weighted by Crippen LogP contribution is -2.89. The number of fused-ring (bicyclic) bond motifs is 5. The third-order valence-electron chi connectivity index (χ3n) is 4.99. The molecule has 1 aliphatic heterocycles. The van der Waals surface area contributed by atoms with Gasteiger partial charge in [0, 0.05) is 4.88 Å². The Morgan fingerprint density at radius 2 is 2.04 bits per heavy atom. The molecule has 24 heavy (non-hydrogen) atoms. The van der Waals surface area contributed by atoms with Crippen molar-refractivity contribution in [3.63, 3.8) is 0 Å². The molecule has 0 atom stereocenters. The number of quaternary nitrogens is 1. The number of hydrogen-bond acceptors (Lipinski definition) is 5. The fourth-order valence-corrected chi connectivity index (χ4v) is 5.08. The van der Waals surface area contributed by atoms with Crippen molar-refractivity contribution in [2.45, 2.75) is 26.2 Å². The third kappa shape index (κ3) is 1.99. The molecule has 0 spiro atoms. The predicted octanol–water partition coefficient (Wildman–Crippen LogP) is 0.155. The molecular formula is C16H19N6OS+. The molecule has 4 heterocycles. The van der Waals surface area contributed by atoms with Crippen molar-refractivity contribution in [2.24, 2.45) is 0 Å². The van der Waals surface area contributed by atoms with Crippen LogP contribution in [0.2, 0.25) is 0 Å². The Morgan fingerprint density at radius 1 is 1.21 bits per heavy atom. The number of piperazine rings is 1. The number of carbonyl (C=O) groups excluding carboxylic acids is 1. The van der Waals surface area contributed by atoms with Crippen molar-refractivity contribution in [1.82, 2.24) is 24.5 Å². The van der Waals surface area contributed by atoms with Gasteiger partial charge in [-0.1, -0.05) is 0 Å². The number of nitrogens with zero attached hydrogens (tertiary/aromatic N) is 5. The van der Waals surface area contributed by atoms with Crippen molar-refractivity contribution in [3.8, 4) is 0 Å². The number of aryl methyl sites for hydroxylation is 3. The van der Waals surface area contributed by atoms with Crippen molar-refractivity contribution in [2.75, 3.05) is 26.2 Å². The number of amides is 1. The van der Waals surface area contributed by atoms with Gasteiger partial charge in [-0.25, -0.2) is 9.97 Å². The zero-order valence-electron chi connectivity index (χ0n) is 13.6. The van der Waals surface area contributed by atoms with Crippen molar-refractivity contribution < 1.29 is 10.1 Å². The first-order valence-corrected chi connectivity index (χ1v) is 9.32. The van der Waals surface area contributed by atoms with E-state index < -0.39 is 0 Å². The first-order valence-electron chi connectivity index (χ1n) is 8.51. The number of rotatable bonds is 1. The van der Waals surface area contributed by atoms with Gasteiger partial charge in [-0.2, -0.15) is 4.52 Å². The maximum Gasteiger partial charge on any atom is 0.293 e. The molecule has 124 valence electrons. The van der Waals surface area contributed by atoms with Crippen molar-refractivity contribution >= 4 is 33.1 Å². The molecule has 0 aromatic carbocycles. The van der Waals surface area contributed by atoms with Crippen LogP contribution >= 0.6 is 11.3 Å². The second-order valence-corrected chi connectivity index (χ2v) is 7.61. The van der Waals surface area contributed by atoms with E-state index in [1.807, 2.05) is 11.8 Å². The van der Waals surface area contributed by atoms with Crippen molar-refractivity contribution in [3.05, 3.63) is 22.1 Å². The predicted molar refractivity (Wildman–Crippen MR) is 90.5 cm³/mol. The van der Waals surface area contributed by atoms with E-state index in [1.165, 1.54) is 16.9 Å². The third-order valence-corrected chi connectivity index (χ3v) is 6.17. The lowest BCUT2D eigenvalue weighted by molar-refractivity contribution is -0.661. The molecule has 7 nitrogen and oxygen atoms in total. The van der Waals surface area contributed by atoms with Gasteiger partial charge in [0.2, 0.25) is 5.82 Å². The molecular weight excluding hydrogens is 324 g/mol. The molecule has 0 saturated carbocycles. The van der Waals surface area contributed by atoms with E-state index in [-0.39, 0.29) is 5.91 Å². The molecule has 3 aromatic heterocycles. The van der Waals surface area contributed by atoms with E-state index in [0.29, 0.717) is 5.82 Å². The molecule has 1 aliphatic carbocycles. The number of nitrogens with two attached hydrogens (primary N) is 1. The molecule has 1 amide bonds. The van der Waals surface area contributed by atoms with Crippen LogP contribution in [0.1, 0.15) is 33.3 Å². The van der Waals surface area contributed by atoms with E-state index in [0.717, 1.165) is 60.7 Å². The Labute approximate surface area is 142 Å². The van der Waals surface area contributed by atoms with Gasteiger partial charge in [0.05, 0.1) is 31.6 Å². The van der Waals surface area contributed by atoms with E-state index in [9.17, 15) is 4.79 Å². The lowest BCUT2D eigenvalue weighted by Gasteiger charge is -2.23. The topological polar surface area (TPSA) is 80.0 Å². The summed E-state index contributed by atoms with van der Waals surface area (Å²) in [6.45, 7) is 5.34. The van der Waals surface area contributed by atoms with Crippen LogP contribution in [0.3, 0.4) is 0 Å². The minimum atomic E-state index is -0.0637. The highest BCUT2D eigenvalue weighted by molar-refractivity contribution is 7.19. The van der Waals surface area contributed by atoms with Gasteiger partial charge in [-0.05, 0) is 31.7 Å². The van der Waals surface area contributed by atoms with E-state index in [4.69, 9.17) is 4.98 Å². The SMILES string of the molecule is Cc1nc2sc3c(c2c2nc(C(=O)N4CC[NH2+]CC4)nn12)CCC3. The Bertz CT molecular complexity index is 968.